The lowest BCUT2D eigenvalue weighted by Gasteiger charge is -2.21. The molecular weight excluding hydrogens is 420 g/mol. The molecule has 0 radical (unpaired) electrons. The number of rotatable bonds is 6. The Morgan fingerprint density at radius 1 is 0.871 bits per heavy atom. The van der Waals surface area contributed by atoms with Gasteiger partial charge in [-0.15, -0.1) is 0 Å². The molecule has 0 bridgehead atoms. The van der Waals surface area contributed by atoms with Crippen molar-refractivity contribution in [2.75, 3.05) is 18.4 Å². The Labute approximate surface area is 181 Å². The van der Waals surface area contributed by atoms with E-state index in [9.17, 15) is 23.5 Å². The minimum absolute atomic E-state index is 0.119. The monoisotopic (exact) mass is 440 g/mol. The van der Waals surface area contributed by atoms with Crippen LogP contribution in [0.25, 0.3) is 11.1 Å². The van der Waals surface area contributed by atoms with E-state index in [4.69, 9.17) is 5.11 Å². The van der Waals surface area contributed by atoms with E-state index in [0.29, 0.717) is 11.3 Å². The number of aromatic carboxylic acids is 1. The first-order chi connectivity index (χ1) is 14.7. The Balaban J connectivity index is 1.98. The highest BCUT2D eigenvalue weighted by Crippen LogP contribution is 2.33. The van der Waals surface area contributed by atoms with Crippen LogP contribution in [0.3, 0.4) is 0 Å². The topological polar surface area (TPSA) is 118 Å². The largest absolute Gasteiger partial charge is 0.507 e. The summed E-state index contributed by atoms with van der Waals surface area (Å²) in [7, 11) is 3.34. The third-order valence-corrected chi connectivity index (χ3v) is 5.29. The van der Waals surface area contributed by atoms with Crippen molar-refractivity contribution in [3.63, 3.8) is 0 Å². The van der Waals surface area contributed by atoms with Crippen LogP contribution in [0.5, 0.6) is 5.75 Å². The van der Waals surface area contributed by atoms with Gasteiger partial charge in [-0.2, -0.15) is 0 Å². The van der Waals surface area contributed by atoms with Gasteiger partial charge in [0.15, 0.2) is 0 Å². The zero-order valence-electron chi connectivity index (χ0n) is 16.7. The van der Waals surface area contributed by atoms with Gasteiger partial charge in [0, 0.05) is 25.7 Å². The standard InChI is InChI=1S/C22H20N2O6S/c1-23(2)21(26)15-8-6-14(7-9-15)16-4-3-5-17(12-16)24(31(29)30)18-10-11-19(22(27)28)20(25)13-18/h3-13,25H,1-2H3,(H,27,28)(H,29,30). The van der Waals surface area contributed by atoms with Crippen LogP contribution < -0.4 is 4.31 Å². The highest BCUT2D eigenvalue weighted by atomic mass is 32.2. The van der Waals surface area contributed by atoms with Crippen LogP contribution in [0, 0.1) is 0 Å². The summed E-state index contributed by atoms with van der Waals surface area (Å²) in [6, 6.07) is 17.4. The number of aromatic hydroxyl groups is 1. The summed E-state index contributed by atoms with van der Waals surface area (Å²) in [5.41, 5.74) is 2.26. The van der Waals surface area contributed by atoms with Crippen LogP contribution in [0.1, 0.15) is 20.7 Å². The van der Waals surface area contributed by atoms with E-state index < -0.39 is 23.0 Å². The molecule has 8 nitrogen and oxygen atoms in total. The number of carbonyl (C=O) groups is 2. The van der Waals surface area contributed by atoms with Gasteiger partial charge in [-0.3, -0.25) is 9.35 Å². The molecule has 1 amide bonds. The molecule has 160 valence electrons. The van der Waals surface area contributed by atoms with Crippen molar-refractivity contribution >= 4 is 34.5 Å². The summed E-state index contributed by atoms with van der Waals surface area (Å²) in [5.74, 6) is -1.94. The number of phenols is 1. The van der Waals surface area contributed by atoms with Gasteiger partial charge in [-0.25, -0.2) is 13.3 Å². The molecule has 1 unspecified atom stereocenters. The molecule has 3 aromatic carbocycles. The highest BCUT2D eigenvalue weighted by molar-refractivity contribution is 7.81. The Morgan fingerprint density at radius 2 is 1.52 bits per heavy atom. The lowest BCUT2D eigenvalue weighted by molar-refractivity contribution is 0.0693. The number of hydrogen-bond donors (Lipinski definition) is 3. The second kappa shape index (κ2) is 8.99. The summed E-state index contributed by atoms with van der Waals surface area (Å²) >= 11 is -2.49. The second-order valence-corrected chi connectivity index (χ2v) is 7.69. The van der Waals surface area contributed by atoms with Crippen molar-refractivity contribution in [2.24, 2.45) is 0 Å². The predicted molar refractivity (Wildman–Crippen MR) is 118 cm³/mol. The molecule has 3 rings (SSSR count). The van der Waals surface area contributed by atoms with Crippen LogP contribution >= 0.6 is 0 Å². The number of hydrogen-bond acceptors (Lipinski definition) is 4. The number of nitrogens with zero attached hydrogens (tertiary/aromatic N) is 2. The van der Waals surface area contributed by atoms with E-state index in [2.05, 4.69) is 0 Å². The summed E-state index contributed by atoms with van der Waals surface area (Å²) in [6.07, 6.45) is 0. The Morgan fingerprint density at radius 3 is 2.06 bits per heavy atom. The number of carboxylic acids is 1. The van der Waals surface area contributed by atoms with Gasteiger partial charge in [-0.05, 0) is 47.5 Å². The van der Waals surface area contributed by atoms with Crippen molar-refractivity contribution < 1.29 is 28.6 Å². The summed E-state index contributed by atoms with van der Waals surface area (Å²) in [6.45, 7) is 0. The summed E-state index contributed by atoms with van der Waals surface area (Å²) in [5, 5.41) is 19.0. The molecule has 0 saturated carbocycles. The van der Waals surface area contributed by atoms with E-state index >= 15 is 0 Å². The first kappa shape index (κ1) is 22.0. The fraction of sp³-hybridized carbons (Fsp3) is 0.0909. The van der Waals surface area contributed by atoms with Crippen molar-refractivity contribution in [2.45, 2.75) is 0 Å². The normalized spacial score (nSPS) is 11.6. The molecule has 0 aliphatic rings. The Hall–Kier alpha value is -3.69. The molecule has 0 fully saturated rings. The van der Waals surface area contributed by atoms with E-state index in [1.807, 2.05) is 6.07 Å². The maximum atomic E-state index is 12.1. The zero-order chi connectivity index (χ0) is 22.7. The first-order valence-electron chi connectivity index (χ1n) is 9.08. The third-order valence-electron chi connectivity index (χ3n) is 4.55. The highest BCUT2D eigenvalue weighted by Gasteiger charge is 2.19. The number of carbonyl (C=O) groups excluding carboxylic acids is 1. The Kier molecular flexibility index (Phi) is 6.38. The number of anilines is 2. The maximum absolute atomic E-state index is 12.1. The van der Waals surface area contributed by atoms with Crippen LogP contribution in [0.4, 0.5) is 11.4 Å². The first-order valence-corrected chi connectivity index (χ1v) is 10.1. The number of amides is 1. The van der Waals surface area contributed by atoms with Gasteiger partial charge < -0.3 is 15.1 Å². The molecule has 0 spiro atoms. The molecule has 0 heterocycles. The molecule has 0 aromatic heterocycles. The fourth-order valence-corrected chi connectivity index (χ4v) is 3.62. The van der Waals surface area contributed by atoms with Crippen molar-refractivity contribution in [3.05, 3.63) is 77.9 Å². The molecule has 0 aliphatic carbocycles. The van der Waals surface area contributed by atoms with Crippen LogP contribution in [-0.2, 0) is 11.3 Å². The van der Waals surface area contributed by atoms with Crippen molar-refractivity contribution in [1.29, 1.82) is 0 Å². The predicted octanol–water partition coefficient (Wildman–Crippen LogP) is 3.73. The average molecular weight is 440 g/mol. The molecular formula is C22H20N2O6S. The average Bonchev–Trinajstić information content (AvgIpc) is 2.73. The SMILES string of the molecule is CN(C)C(=O)c1ccc(-c2cccc(N(c3ccc(C(=O)O)c(O)c3)S(=O)O)c2)cc1. The van der Waals surface area contributed by atoms with Gasteiger partial charge in [0.25, 0.3) is 17.2 Å². The number of benzene rings is 3. The molecule has 1 atom stereocenters. The quantitative estimate of drug-likeness (QED) is 0.503. The lowest BCUT2D eigenvalue weighted by atomic mass is 10.0. The van der Waals surface area contributed by atoms with Crippen molar-refractivity contribution in [1.82, 2.24) is 4.90 Å². The number of carboxylic acid groups (broad SMARTS) is 1. The maximum Gasteiger partial charge on any atom is 0.339 e. The Bertz CT molecular complexity index is 1160. The molecule has 9 heteroatoms. The van der Waals surface area contributed by atoms with E-state index in [1.165, 1.54) is 11.0 Å². The summed E-state index contributed by atoms with van der Waals surface area (Å²) in [4.78, 5) is 24.6. The fourth-order valence-electron chi connectivity index (χ4n) is 3.03. The van der Waals surface area contributed by atoms with Crippen LogP contribution in [0.2, 0.25) is 0 Å². The van der Waals surface area contributed by atoms with Gasteiger partial charge in [0.05, 0.1) is 11.4 Å². The van der Waals surface area contributed by atoms with Crippen LogP contribution in [0.15, 0.2) is 66.7 Å². The molecule has 0 saturated heterocycles. The van der Waals surface area contributed by atoms with Gasteiger partial charge >= 0.3 is 5.97 Å². The lowest BCUT2D eigenvalue weighted by Crippen LogP contribution is -2.21. The minimum atomic E-state index is -2.49. The third kappa shape index (κ3) is 4.73. The second-order valence-electron chi connectivity index (χ2n) is 6.86. The van der Waals surface area contributed by atoms with Gasteiger partial charge in [-0.1, -0.05) is 24.3 Å². The molecule has 3 aromatic rings. The van der Waals surface area contributed by atoms with E-state index in [1.54, 1.807) is 56.6 Å². The van der Waals surface area contributed by atoms with Gasteiger partial charge in [0.2, 0.25) is 0 Å². The van der Waals surface area contributed by atoms with Crippen molar-refractivity contribution in [3.8, 4) is 16.9 Å². The molecule has 0 aliphatic heterocycles. The molecule has 3 N–H and O–H groups in total. The summed E-state index contributed by atoms with van der Waals surface area (Å²) < 4.78 is 23.0. The van der Waals surface area contributed by atoms with Crippen LogP contribution in [-0.4, -0.2) is 49.8 Å². The molecule has 31 heavy (non-hydrogen) atoms. The van der Waals surface area contributed by atoms with E-state index in [-0.39, 0.29) is 17.2 Å². The smallest absolute Gasteiger partial charge is 0.339 e. The van der Waals surface area contributed by atoms with E-state index in [0.717, 1.165) is 27.6 Å². The minimum Gasteiger partial charge on any atom is -0.507 e. The zero-order valence-corrected chi connectivity index (χ0v) is 17.5. The van der Waals surface area contributed by atoms with Gasteiger partial charge in [0.1, 0.15) is 11.3 Å².